The van der Waals surface area contributed by atoms with Gasteiger partial charge in [-0.2, -0.15) is 0 Å². The molecule has 1 aliphatic heterocycles. The molecular formula is C19H17F2N3O2. The van der Waals surface area contributed by atoms with E-state index >= 15 is 0 Å². The molecule has 1 aromatic heterocycles. The fraction of sp³-hybridized carbons (Fsp3) is 0.263. The van der Waals surface area contributed by atoms with Crippen LogP contribution in [0.1, 0.15) is 24.7 Å². The number of halogens is 2. The topological polar surface area (TPSA) is 56.1 Å². The van der Waals surface area contributed by atoms with E-state index in [0.29, 0.717) is 17.3 Å². The number of methoxy groups -OCH3 is 1. The van der Waals surface area contributed by atoms with Crippen LogP contribution in [0.4, 0.5) is 8.78 Å². The first-order chi connectivity index (χ1) is 12.6. The second-order valence-corrected chi connectivity index (χ2v) is 6.21. The third kappa shape index (κ3) is 2.64. The minimum Gasteiger partial charge on any atom is -0.497 e. The fourth-order valence-electron chi connectivity index (χ4n) is 3.35. The molecular weight excluding hydrogens is 340 g/mol. The van der Waals surface area contributed by atoms with Crippen LogP contribution in [0.25, 0.3) is 16.6 Å². The van der Waals surface area contributed by atoms with Gasteiger partial charge in [-0.15, -0.1) is 0 Å². The summed E-state index contributed by atoms with van der Waals surface area (Å²) in [6, 6.07) is 9.02. The molecule has 0 amide bonds. The second kappa shape index (κ2) is 6.49. The molecule has 1 N–H and O–H groups in total. The van der Waals surface area contributed by atoms with Gasteiger partial charge in [0, 0.05) is 0 Å². The molecule has 2 heterocycles. The quantitative estimate of drug-likeness (QED) is 0.783. The number of nitrogens with zero attached hydrogens (tertiary/aromatic N) is 2. The van der Waals surface area contributed by atoms with E-state index < -0.39 is 17.2 Å². The standard InChI is InChI=1S/C19H17F2N3O2/c1-26-12-6-4-11(5-7-12)24-18(15-3-2-10-22-15)23-14-9-8-13(20)17(21)16(14)19(24)25/h4-9,15,22H,2-3,10H2,1H3/t15-/m1/s1. The van der Waals surface area contributed by atoms with Crippen molar-refractivity contribution in [1.29, 1.82) is 0 Å². The molecule has 2 aromatic carbocycles. The van der Waals surface area contributed by atoms with Crippen molar-refractivity contribution in [1.82, 2.24) is 14.9 Å². The Morgan fingerprint density at radius 2 is 1.96 bits per heavy atom. The smallest absolute Gasteiger partial charge is 0.269 e. The summed E-state index contributed by atoms with van der Waals surface area (Å²) in [5.41, 5.74) is 0.0563. The summed E-state index contributed by atoms with van der Waals surface area (Å²) in [6.07, 6.45) is 1.77. The van der Waals surface area contributed by atoms with E-state index in [4.69, 9.17) is 4.74 Å². The van der Waals surface area contributed by atoms with Gasteiger partial charge in [0.05, 0.1) is 24.4 Å². The average molecular weight is 357 g/mol. The van der Waals surface area contributed by atoms with E-state index in [-0.39, 0.29) is 16.9 Å². The highest BCUT2D eigenvalue weighted by Gasteiger charge is 2.25. The van der Waals surface area contributed by atoms with Gasteiger partial charge in [-0.25, -0.2) is 13.8 Å². The molecule has 134 valence electrons. The van der Waals surface area contributed by atoms with Crippen molar-refractivity contribution in [2.75, 3.05) is 13.7 Å². The molecule has 0 bridgehead atoms. The van der Waals surface area contributed by atoms with Gasteiger partial charge >= 0.3 is 0 Å². The zero-order valence-electron chi connectivity index (χ0n) is 14.1. The molecule has 7 heteroatoms. The number of hydrogen-bond donors (Lipinski definition) is 1. The summed E-state index contributed by atoms with van der Waals surface area (Å²) in [5, 5.41) is 2.96. The van der Waals surface area contributed by atoms with E-state index in [9.17, 15) is 13.6 Å². The van der Waals surface area contributed by atoms with Crippen LogP contribution in [0.15, 0.2) is 41.2 Å². The largest absolute Gasteiger partial charge is 0.497 e. The lowest BCUT2D eigenvalue weighted by atomic mass is 10.1. The molecule has 5 nitrogen and oxygen atoms in total. The number of ether oxygens (including phenoxy) is 1. The first-order valence-corrected chi connectivity index (χ1v) is 8.38. The van der Waals surface area contributed by atoms with E-state index in [2.05, 4.69) is 10.3 Å². The molecule has 0 unspecified atom stereocenters. The van der Waals surface area contributed by atoms with Crippen molar-refractivity contribution in [2.24, 2.45) is 0 Å². The molecule has 26 heavy (non-hydrogen) atoms. The fourth-order valence-corrected chi connectivity index (χ4v) is 3.35. The van der Waals surface area contributed by atoms with Crippen LogP contribution in [-0.2, 0) is 0 Å². The Morgan fingerprint density at radius 1 is 1.19 bits per heavy atom. The van der Waals surface area contributed by atoms with Gasteiger partial charge in [0.25, 0.3) is 5.56 Å². The highest BCUT2D eigenvalue weighted by molar-refractivity contribution is 5.79. The predicted molar refractivity (Wildman–Crippen MR) is 93.8 cm³/mol. The normalized spacial score (nSPS) is 17.0. The van der Waals surface area contributed by atoms with Crippen molar-refractivity contribution < 1.29 is 13.5 Å². The van der Waals surface area contributed by atoms with Crippen molar-refractivity contribution in [3.05, 3.63) is 64.2 Å². The zero-order valence-corrected chi connectivity index (χ0v) is 14.1. The molecule has 1 fully saturated rings. The number of hydrogen-bond acceptors (Lipinski definition) is 4. The summed E-state index contributed by atoms with van der Waals surface area (Å²) in [6.45, 7) is 0.818. The molecule has 4 rings (SSSR count). The summed E-state index contributed by atoms with van der Waals surface area (Å²) in [5.74, 6) is -1.11. The van der Waals surface area contributed by atoms with E-state index in [1.807, 2.05) is 0 Å². The minimum atomic E-state index is -1.17. The van der Waals surface area contributed by atoms with Crippen LogP contribution in [0.3, 0.4) is 0 Å². The number of rotatable bonds is 3. The molecule has 3 aromatic rings. The van der Waals surface area contributed by atoms with Gasteiger partial charge < -0.3 is 10.1 Å². The Bertz CT molecular complexity index is 1030. The van der Waals surface area contributed by atoms with Crippen LogP contribution in [0.2, 0.25) is 0 Å². The van der Waals surface area contributed by atoms with Crippen molar-refractivity contribution in [2.45, 2.75) is 18.9 Å². The Balaban J connectivity index is 2.03. The number of fused-ring (bicyclic) bond motifs is 1. The highest BCUT2D eigenvalue weighted by atomic mass is 19.2. The Hall–Kier alpha value is -2.80. The minimum absolute atomic E-state index is 0.123. The first kappa shape index (κ1) is 16.7. The third-order valence-corrected chi connectivity index (χ3v) is 4.66. The molecule has 1 aliphatic rings. The van der Waals surface area contributed by atoms with Crippen LogP contribution in [0.5, 0.6) is 5.75 Å². The van der Waals surface area contributed by atoms with Gasteiger partial charge in [-0.3, -0.25) is 9.36 Å². The second-order valence-electron chi connectivity index (χ2n) is 6.21. The van der Waals surface area contributed by atoms with Crippen LogP contribution < -0.4 is 15.6 Å². The maximum Gasteiger partial charge on any atom is 0.269 e. The van der Waals surface area contributed by atoms with Crippen LogP contribution in [0, 0.1) is 11.6 Å². The summed E-state index contributed by atoms with van der Waals surface area (Å²) >= 11 is 0. The lowest BCUT2D eigenvalue weighted by Crippen LogP contribution is -2.29. The summed E-state index contributed by atoms with van der Waals surface area (Å²) in [4.78, 5) is 17.6. The molecule has 0 aliphatic carbocycles. The van der Waals surface area contributed by atoms with Crippen molar-refractivity contribution >= 4 is 10.9 Å². The van der Waals surface area contributed by atoms with Gasteiger partial charge in [0.15, 0.2) is 11.6 Å². The maximum atomic E-state index is 14.3. The predicted octanol–water partition coefficient (Wildman–Crippen LogP) is 3.10. The average Bonchev–Trinajstić information content (AvgIpc) is 3.19. The lowest BCUT2D eigenvalue weighted by molar-refractivity contribution is 0.414. The van der Waals surface area contributed by atoms with E-state index in [1.54, 1.807) is 31.4 Å². The van der Waals surface area contributed by atoms with Gasteiger partial charge in [-0.05, 0) is 55.8 Å². The van der Waals surface area contributed by atoms with Gasteiger partial charge in [0.2, 0.25) is 0 Å². The van der Waals surface area contributed by atoms with Gasteiger partial charge in [-0.1, -0.05) is 0 Å². The number of nitrogens with one attached hydrogen (secondary N) is 1. The number of aromatic nitrogens is 2. The van der Waals surface area contributed by atoms with Crippen LogP contribution in [-0.4, -0.2) is 23.2 Å². The maximum absolute atomic E-state index is 14.3. The van der Waals surface area contributed by atoms with Gasteiger partial charge in [0.1, 0.15) is 17.0 Å². The Kier molecular flexibility index (Phi) is 4.16. The summed E-state index contributed by atoms with van der Waals surface area (Å²) < 4.78 is 34.5. The van der Waals surface area contributed by atoms with Crippen molar-refractivity contribution in [3.63, 3.8) is 0 Å². The third-order valence-electron chi connectivity index (χ3n) is 4.66. The number of benzene rings is 2. The molecule has 1 saturated heterocycles. The monoisotopic (exact) mass is 357 g/mol. The zero-order chi connectivity index (χ0) is 18.3. The van der Waals surface area contributed by atoms with E-state index in [1.165, 1.54) is 10.6 Å². The van der Waals surface area contributed by atoms with E-state index in [0.717, 1.165) is 25.5 Å². The Labute approximate surface area is 148 Å². The SMILES string of the molecule is COc1ccc(-n2c([C@H]3CCCN3)nc3ccc(F)c(F)c3c2=O)cc1. The lowest BCUT2D eigenvalue weighted by Gasteiger charge is -2.18. The highest BCUT2D eigenvalue weighted by Crippen LogP contribution is 2.26. The molecule has 0 saturated carbocycles. The molecule has 0 radical (unpaired) electrons. The molecule has 0 spiro atoms. The Morgan fingerprint density at radius 3 is 2.62 bits per heavy atom. The first-order valence-electron chi connectivity index (χ1n) is 8.38. The van der Waals surface area contributed by atoms with Crippen molar-refractivity contribution in [3.8, 4) is 11.4 Å². The van der Waals surface area contributed by atoms with Crippen LogP contribution >= 0.6 is 0 Å². The summed E-state index contributed by atoms with van der Waals surface area (Å²) in [7, 11) is 1.55. The molecule has 1 atom stereocenters.